The van der Waals surface area contributed by atoms with Gasteiger partial charge in [0.05, 0.1) is 37.6 Å². The zero-order valence-corrected chi connectivity index (χ0v) is 20.0. The van der Waals surface area contributed by atoms with Crippen molar-refractivity contribution < 1.29 is 43.2 Å². The highest BCUT2D eigenvalue weighted by atomic mass is 16.6. The monoisotopic (exact) mass is 508 g/mol. The number of carboxylic acids is 1. The Morgan fingerprint density at radius 2 is 1.38 bits per heavy atom. The molecule has 0 aliphatic rings. The lowest BCUT2D eigenvalue weighted by Gasteiger charge is -2.23. The number of pyridine rings is 1. The Kier molecular flexibility index (Phi) is 9.14. The molecule has 0 radical (unpaired) electrons. The highest BCUT2D eigenvalue weighted by Crippen LogP contribution is 2.18. The maximum absolute atomic E-state index is 13.1. The van der Waals surface area contributed by atoms with Crippen LogP contribution in [0.4, 0.5) is 0 Å². The van der Waals surface area contributed by atoms with Crippen LogP contribution in [0.1, 0.15) is 26.4 Å². The number of carboxylic acid groups (broad SMARTS) is 1. The fourth-order valence-electron chi connectivity index (χ4n) is 3.14. The van der Waals surface area contributed by atoms with Crippen molar-refractivity contribution in [3.63, 3.8) is 0 Å². The average Bonchev–Trinajstić information content (AvgIpc) is 2.93. The maximum atomic E-state index is 13.1. The molecule has 0 fully saturated rings. The van der Waals surface area contributed by atoms with E-state index in [1.165, 1.54) is 56.8 Å². The van der Waals surface area contributed by atoms with Crippen molar-refractivity contribution >= 4 is 23.8 Å². The quantitative estimate of drug-likeness (QED) is 0.369. The van der Waals surface area contributed by atoms with Gasteiger partial charge in [0.15, 0.2) is 0 Å². The van der Waals surface area contributed by atoms with Gasteiger partial charge in [-0.2, -0.15) is 0 Å². The van der Waals surface area contributed by atoms with Gasteiger partial charge in [0.25, 0.3) is 5.91 Å². The highest BCUT2D eigenvalue weighted by molar-refractivity contribution is 5.97. The summed E-state index contributed by atoms with van der Waals surface area (Å²) in [7, 11) is 2.79. The van der Waals surface area contributed by atoms with Crippen molar-refractivity contribution in [3.05, 3.63) is 89.7 Å². The van der Waals surface area contributed by atoms with E-state index in [-0.39, 0.29) is 17.7 Å². The lowest BCUT2D eigenvalue weighted by Crippen LogP contribution is -2.50. The number of amides is 1. The second-order valence-corrected chi connectivity index (χ2v) is 7.49. The molecule has 192 valence electrons. The number of benzene rings is 2. The number of nitrogens with zero attached hydrogens (tertiary/aromatic N) is 1. The third-order valence-electron chi connectivity index (χ3n) is 5.03. The normalized spacial score (nSPS) is 11.9. The zero-order valence-electron chi connectivity index (χ0n) is 20.0. The van der Waals surface area contributed by atoms with Gasteiger partial charge < -0.3 is 29.4 Å². The minimum absolute atomic E-state index is 0.00913. The third kappa shape index (κ3) is 7.28. The van der Waals surface area contributed by atoms with Crippen molar-refractivity contribution in [1.29, 1.82) is 0 Å². The molecule has 0 bridgehead atoms. The number of carbonyl (C=O) groups excluding carboxylic acids is 3. The van der Waals surface area contributed by atoms with E-state index in [2.05, 4.69) is 10.3 Å². The van der Waals surface area contributed by atoms with Gasteiger partial charge in [-0.3, -0.25) is 9.78 Å². The zero-order chi connectivity index (χ0) is 26.8. The summed E-state index contributed by atoms with van der Waals surface area (Å²) in [6.45, 7) is -0.0942. The fraction of sp³-hybridized carbons (Fsp3) is 0.192. The molecule has 1 heterocycles. The summed E-state index contributed by atoms with van der Waals surface area (Å²) in [5.41, 5.74) is 0.427. The number of carbonyl (C=O) groups is 4. The Labute approximate surface area is 211 Å². The lowest BCUT2D eigenvalue weighted by atomic mass is 10.1. The lowest BCUT2D eigenvalue weighted by molar-refractivity contribution is -0.159. The van der Waals surface area contributed by atoms with Crippen LogP contribution in [0.3, 0.4) is 0 Å². The predicted octanol–water partition coefficient (Wildman–Crippen LogP) is 2.25. The van der Waals surface area contributed by atoms with Gasteiger partial charge in [0.2, 0.25) is 12.2 Å². The molecule has 37 heavy (non-hydrogen) atoms. The number of methoxy groups -OCH3 is 2. The van der Waals surface area contributed by atoms with E-state index in [4.69, 9.17) is 18.9 Å². The first kappa shape index (κ1) is 26.7. The second kappa shape index (κ2) is 12.7. The number of esters is 2. The Balaban J connectivity index is 1.87. The van der Waals surface area contributed by atoms with E-state index in [1.54, 1.807) is 30.3 Å². The summed E-state index contributed by atoms with van der Waals surface area (Å²) in [4.78, 5) is 54.8. The van der Waals surface area contributed by atoms with Gasteiger partial charge in [-0.15, -0.1) is 0 Å². The molecule has 0 aliphatic heterocycles. The summed E-state index contributed by atoms with van der Waals surface area (Å²) in [5, 5.41) is 12.3. The van der Waals surface area contributed by atoms with Crippen LogP contribution < -0.4 is 14.8 Å². The van der Waals surface area contributed by atoms with Gasteiger partial charge in [0, 0.05) is 6.20 Å². The van der Waals surface area contributed by atoms with E-state index in [0.717, 1.165) is 0 Å². The van der Waals surface area contributed by atoms with Crippen molar-refractivity contribution in [2.24, 2.45) is 0 Å². The molecule has 2 N–H and O–H groups in total. The highest BCUT2D eigenvalue weighted by Gasteiger charge is 2.41. The summed E-state index contributed by atoms with van der Waals surface area (Å²) >= 11 is 0. The van der Waals surface area contributed by atoms with Gasteiger partial charge in [-0.05, 0) is 48.5 Å². The van der Waals surface area contributed by atoms with Crippen molar-refractivity contribution in [1.82, 2.24) is 10.3 Å². The number of hydrogen-bond donors (Lipinski definition) is 2. The Hall–Kier alpha value is -4.93. The molecule has 3 aromatic rings. The Bertz CT molecular complexity index is 1260. The minimum atomic E-state index is -2.17. The molecule has 3 rings (SSSR count). The molecule has 1 aromatic heterocycles. The number of rotatable bonds is 11. The third-order valence-corrected chi connectivity index (χ3v) is 5.03. The number of aromatic nitrogens is 1. The first-order valence-electron chi connectivity index (χ1n) is 10.9. The van der Waals surface area contributed by atoms with Crippen LogP contribution in [-0.2, 0) is 25.6 Å². The van der Waals surface area contributed by atoms with Gasteiger partial charge >= 0.3 is 17.9 Å². The standard InChI is InChI=1S/C26H24N2O9/c1-34-19-10-5-7-16(13-19)25(32)36-21(23(29)28-15-18-9-3-4-12-27-18)22(24(30)31)37-26(33)17-8-6-11-20(14-17)35-2/h3-14,21-22H,15H2,1-2H3,(H,28,29)(H,30,31)/t21-,22+/m0/s1. The van der Waals surface area contributed by atoms with Crippen molar-refractivity contribution in [2.45, 2.75) is 18.8 Å². The first-order chi connectivity index (χ1) is 17.8. The molecular weight excluding hydrogens is 484 g/mol. The number of hydrogen-bond acceptors (Lipinski definition) is 9. The van der Waals surface area contributed by atoms with Gasteiger partial charge in [-0.1, -0.05) is 18.2 Å². The molecule has 2 atom stereocenters. The Morgan fingerprint density at radius 1 is 0.811 bits per heavy atom. The molecule has 0 unspecified atom stereocenters. The van der Waals surface area contributed by atoms with Crippen molar-refractivity contribution in [2.75, 3.05) is 14.2 Å². The van der Waals surface area contributed by atoms with E-state index in [0.29, 0.717) is 17.2 Å². The van der Waals surface area contributed by atoms with E-state index in [1.807, 2.05) is 0 Å². The van der Waals surface area contributed by atoms with Crippen LogP contribution >= 0.6 is 0 Å². The van der Waals surface area contributed by atoms with Crippen LogP contribution in [0.15, 0.2) is 72.9 Å². The average molecular weight is 508 g/mol. The van der Waals surface area contributed by atoms with Gasteiger partial charge in [-0.25, -0.2) is 14.4 Å². The number of ether oxygens (including phenoxy) is 4. The molecule has 0 aliphatic carbocycles. The Morgan fingerprint density at radius 3 is 1.86 bits per heavy atom. The summed E-state index contributed by atoms with van der Waals surface area (Å²) in [6, 6.07) is 16.7. The molecule has 11 heteroatoms. The SMILES string of the molecule is COc1cccc(C(=O)O[C@H](C(=O)NCc2ccccn2)[C@@H](OC(=O)c2cccc(OC)c2)C(=O)O)c1. The van der Waals surface area contributed by atoms with E-state index >= 15 is 0 Å². The topological polar surface area (TPSA) is 150 Å². The molecular formula is C26H24N2O9. The molecule has 0 spiro atoms. The summed E-state index contributed by atoms with van der Waals surface area (Å²) < 4.78 is 20.6. The molecule has 0 saturated heterocycles. The first-order valence-corrected chi connectivity index (χ1v) is 10.9. The molecule has 0 saturated carbocycles. The summed E-state index contributed by atoms with van der Waals surface area (Å²) in [6.07, 6.45) is -2.69. The van der Waals surface area contributed by atoms with Crippen LogP contribution in [0.2, 0.25) is 0 Å². The fourth-order valence-corrected chi connectivity index (χ4v) is 3.14. The van der Waals surface area contributed by atoms with Gasteiger partial charge in [0.1, 0.15) is 11.5 Å². The molecule has 1 amide bonds. The second-order valence-electron chi connectivity index (χ2n) is 7.49. The number of aliphatic carboxylic acids is 1. The maximum Gasteiger partial charge on any atom is 0.349 e. The molecule has 11 nitrogen and oxygen atoms in total. The molecule has 2 aromatic carbocycles. The van der Waals surface area contributed by atoms with Crippen LogP contribution in [0.25, 0.3) is 0 Å². The van der Waals surface area contributed by atoms with Crippen LogP contribution in [0, 0.1) is 0 Å². The smallest absolute Gasteiger partial charge is 0.349 e. The van der Waals surface area contributed by atoms with E-state index < -0.39 is 36.0 Å². The summed E-state index contributed by atoms with van der Waals surface area (Å²) in [5.74, 6) is -4.13. The predicted molar refractivity (Wildman–Crippen MR) is 128 cm³/mol. The van der Waals surface area contributed by atoms with Crippen LogP contribution in [0.5, 0.6) is 11.5 Å². The minimum Gasteiger partial charge on any atom is -0.497 e. The van der Waals surface area contributed by atoms with Crippen LogP contribution in [-0.4, -0.2) is 60.3 Å². The van der Waals surface area contributed by atoms with E-state index in [9.17, 15) is 24.3 Å². The largest absolute Gasteiger partial charge is 0.497 e. The van der Waals surface area contributed by atoms with Crippen molar-refractivity contribution in [3.8, 4) is 11.5 Å². The number of nitrogens with one attached hydrogen (secondary N) is 1.